The van der Waals surface area contributed by atoms with Gasteiger partial charge in [0.15, 0.2) is 0 Å². The molecule has 154 valence electrons. The molecule has 1 atom stereocenters. The molecule has 2 aromatic carbocycles. The molecule has 0 aliphatic rings. The lowest BCUT2D eigenvalue weighted by Gasteiger charge is -2.23. The summed E-state index contributed by atoms with van der Waals surface area (Å²) in [6.45, 7) is 10.6. The van der Waals surface area contributed by atoms with Crippen LogP contribution in [0, 0.1) is 13.8 Å². The number of unbranched alkanes of at least 4 members (excludes halogenated alkanes) is 2. The van der Waals surface area contributed by atoms with Gasteiger partial charge in [-0.3, -0.25) is 0 Å². The Kier molecular flexibility index (Phi) is 8.41. The zero-order valence-corrected chi connectivity index (χ0v) is 18.4. The first-order chi connectivity index (χ1) is 13.4. The molecule has 0 saturated heterocycles. The van der Waals surface area contributed by atoms with Crippen LogP contribution in [0.5, 0.6) is 11.5 Å². The average molecular weight is 383 g/mol. The molecule has 0 aliphatic heterocycles. The maximum absolute atomic E-state index is 10.8. The number of phenols is 2. The van der Waals surface area contributed by atoms with Gasteiger partial charge >= 0.3 is 0 Å². The largest absolute Gasteiger partial charge is 0.507 e. The van der Waals surface area contributed by atoms with E-state index in [2.05, 4.69) is 45.0 Å². The van der Waals surface area contributed by atoms with Crippen molar-refractivity contribution in [3.63, 3.8) is 0 Å². The molecule has 0 saturated carbocycles. The topological polar surface area (TPSA) is 40.5 Å². The van der Waals surface area contributed by atoms with Crippen LogP contribution in [0.15, 0.2) is 24.3 Å². The van der Waals surface area contributed by atoms with Crippen molar-refractivity contribution in [1.29, 1.82) is 0 Å². The van der Waals surface area contributed by atoms with Crippen molar-refractivity contribution in [2.45, 2.75) is 91.9 Å². The minimum absolute atomic E-state index is 0.246. The van der Waals surface area contributed by atoms with Gasteiger partial charge in [0.05, 0.1) is 0 Å². The predicted molar refractivity (Wildman–Crippen MR) is 120 cm³/mol. The third kappa shape index (κ3) is 5.10. The zero-order chi connectivity index (χ0) is 20.7. The van der Waals surface area contributed by atoms with Crippen LogP contribution in [0.1, 0.15) is 98.6 Å². The van der Waals surface area contributed by atoms with Crippen LogP contribution in [0.2, 0.25) is 0 Å². The molecule has 0 fully saturated rings. The fourth-order valence-electron chi connectivity index (χ4n) is 4.15. The standard InChI is InChI=1S/C26H38O2/c1-6-9-12-20-14-15-23(19(5)26(20)28)24(11-8-3)22-16-18(4)25(27)21(17-22)13-10-7-2/h14-17,24,27-28H,6-13H2,1-5H3. The van der Waals surface area contributed by atoms with Crippen LogP contribution in [-0.4, -0.2) is 10.2 Å². The molecule has 0 heterocycles. The minimum Gasteiger partial charge on any atom is -0.507 e. The Bertz CT molecular complexity index is 776. The zero-order valence-electron chi connectivity index (χ0n) is 18.4. The van der Waals surface area contributed by atoms with Gasteiger partial charge in [0.25, 0.3) is 0 Å². The van der Waals surface area contributed by atoms with Crippen molar-refractivity contribution in [2.75, 3.05) is 0 Å². The van der Waals surface area contributed by atoms with E-state index in [0.717, 1.165) is 73.6 Å². The lowest BCUT2D eigenvalue weighted by Crippen LogP contribution is -2.06. The molecule has 2 N–H and O–H groups in total. The molecular formula is C26H38O2. The Morgan fingerprint density at radius 3 is 2.04 bits per heavy atom. The third-order valence-corrected chi connectivity index (χ3v) is 5.91. The summed E-state index contributed by atoms with van der Waals surface area (Å²) >= 11 is 0. The highest BCUT2D eigenvalue weighted by atomic mass is 16.3. The summed E-state index contributed by atoms with van der Waals surface area (Å²) in [5, 5.41) is 21.3. The SMILES string of the molecule is CCCCc1cc(C(CCC)c2ccc(CCCC)c(O)c2C)cc(C)c1O. The summed E-state index contributed by atoms with van der Waals surface area (Å²) < 4.78 is 0. The van der Waals surface area contributed by atoms with E-state index in [4.69, 9.17) is 0 Å². The van der Waals surface area contributed by atoms with Crippen molar-refractivity contribution in [3.8, 4) is 11.5 Å². The van der Waals surface area contributed by atoms with Gasteiger partial charge in [-0.25, -0.2) is 0 Å². The first kappa shape index (κ1) is 22.3. The lowest BCUT2D eigenvalue weighted by atomic mass is 9.82. The average Bonchev–Trinajstić information content (AvgIpc) is 2.69. The highest BCUT2D eigenvalue weighted by Crippen LogP contribution is 2.39. The molecule has 0 aromatic heterocycles. The molecule has 28 heavy (non-hydrogen) atoms. The number of benzene rings is 2. The van der Waals surface area contributed by atoms with E-state index in [9.17, 15) is 10.2 Å². The Hall–Kier alpha value is -1.96. The van der Waals surface area contributed by atoms with Crippen LogP contribution < -0.4 is 0 Å². The number of aryl methyl sites for hydroxylation is 3. The monoisotopic (exact) mass is 382 g/mol. The Morgan fingerprint density at radius 1 is 0.786 bits per heavy atom. The highest BCUT2D eigenvalue weighted by Gasteiger charge is 2.20. The van der Waals surface area contributed by atoms with Crippen LogP contribution in [-0.2, 0) is 12.8 Å². The molecule has 2 heteroatoms. The first-order valence-corrected chi connectivity index (χ1v) is 11.1. The molecule has 0 amide bonds. The fraction of sp³-hybridized carbons (Fsp3) is 0.538. The van der Waals surface area contributed by atoms with Crippen LogP contribution in [0.4, 0.5) is 0 Å². The molecule has 1 unspecified atom stereocenters. The molecule has 0 radical (unpaired) electrons. The van der Waals surface area contributed by atoms with Crippen molar-refractivity contribution in [1.82, 2.24) is 0 Å². The molecule has 0 bridgehead atoms. The van der Waals surface area contributed by atoms with Gasteiger partial charge in [0.1, 0.15) is 11.5 Å². The van der Waals surface area contributed by atoms with Gasteiger partial charge in [0.2, 0.25) is 0 Å². The van der Waals surface area contributed by atoms with Crippen LogP contribution in [0.25, 0.3) is 0 Å². The third-order valence-electron chi connectivity index (χ3n) is 5.91. The Balaban J connectivity index is 2.48. The molecule has 0 spiro atoms. The van der Waals surface area contributed by atoms with Crippen molar-refractivity contribution in [2.24, 2.45) is 0 Å². The van der Waals surface area contributed by atoms with E-state index >= 15 is 0 Å². The molecule has 0 aliphatic carbocycles. The summed E-state index contributed by atoms with van der Waals surface area (Å²) in [6.07, 6.45) is 8.39. The van der Waals surface area contributed by atoms with E-state index in [0.29, 0.717) is 11.5 Å². The highest BCUT2D eigenvalue weighted by molar-refractivity contribution is 5.51. The molecule has 2 aromatic rings. The molecular weight excluding hydrogens is 344 g/mol. The van der Waals surface area contributed by atoms with Gasteiger partial charge in [-0.1, -0.05) is 64.3 Å². The maximum Gasteiger partial charge on any atom is 0.121 e. The number of hydrogen-bond donors (Lipinski definition) is 2. The van der Waals surface area contributed by atoms with E-state index in [-0.39, 0.29) is 5.92 Å². The van der Waals surface area contributed by atoms with Gasteiger partial charge in [-0.05, 0) is 79.3 Å². The maximum atomic E-state index is 10.8. The van der Waals surface area contributed by atoms with Crippen LogP contribution >= 0.6 is 0 Å². The lowest BCUT2D eigenvalue weighted by molar-refractivity contribution is 0.459. The smallest absolute Gasteiger partial charge is 0.121 e. The van der Waals surface area contributed by atoms with E-state index < -0.39 is 0 Å². The van der Waals surface area contributed by atoms with Crippen LogP contribution in [0.3, 0.4) is 0 Å². The number of phenolic OH excluding ortho intramolecular Hbond substituents is 2. The van der Waals surface area contributed by atoms with Gasteiger partial charge in [-0.2, -0.15) is 0 Å². The van der Waals surface area contributed by atoms with Gasteiger partial charge < -0.3 is 10.2 Å². The second-order valence-electron chi connectivity index (χ2n) is 8.18. The first-order valence-electron chi connectivity index (χ1n) is 11.1. The second-order valence-corrected chi connectivity index (χ2v) is 8.18. The summed E-state index contributed by atoms with van der Waals surface area (Å²) in [5.41, 5.74) is 6.54. The summed E-state index contributed by atoms with van der Waals surface area (Å²) in [5.74, 6) is 1.16. The Labute approximate surface area is 171 Å². The van der Waals surface area contributed by atoms with Gasteiger partial charge in [0, 0.05) is 5.92 Å². The number of hydrogen-bond acceptors (Lipinski definition) is 2. The van der Waals surface area contributed by atoms with Crippen molar-refractivity contribution in [3.05, 3.63) is 57.6 Å². The quantitative estimate of drug-likeness (QED) is 0.451. The number of rotatable bonds is 10. The van der Waals surface area contributed by atoms with Gasteiger partial charge in [-0.15, -0.1) is 0 Å². The van der Waals surface area contributed by atoms with Crippen molar-refractivity contribution < 1.29 is 10.2 Å². The predicted octanol–water partition coefficient (Wildman–Crippen LogP) is 7.33. The minimum atomic E-state index is 0.246. The fourth-order valence-corrected chi connectivity index (χ4v) is 4.15. The molecule has 2 rings (SSSR count). The summed E-state index contributed by atoms with van der Waals surface area (Å²) in [6, 6.07) is 8.65. The van der Waals surface area contributed by atoms with E-state index in [1.165, 1.54) is 11.1 Å². The van der Waals surface area contributed by atoms with E-state index in [1.807, 2.05) is 13.8 Å². The normalized spacial score (nSPS) is 12.3. The van der Waals surface area contributed by atoms with E-state index in [1.54, 1.807) is 0 Å². The number of aromatic hydroxyl groups is 2. The summed E-state index contributed by atoms with van der Waals surface area (Å²) in [7, 11) is 0. The summed E-state index contributed by atoms with van der Waals surface area (Å²) in [4.78, 5) is 0. The van der Waals surface area contributed by atoms with Crippen molar-refractivity contribution >= 4 is 0 Å². The second kappa shape index (κ2) is 10.5. The Morgan fingerprint density at radius 2 is 1.43 bits per heavy atom. The molecule has 2 nitrogen and oxygen atoms in total.